The number of methoxy groups -OCH3 is 1. The van der Waals surface area contributed by atoms with Gasteiger partial charge in [-0.25, -0.2) is 9.78 Å². The van der Waals surface area contributed by atoms with E-state index in [1.165, 1.54) is 18.7 Å². The number of esters is 1. The lowest BCUT2D eigenvalue weighted by atomic mass is 9.90. The first-order chi connectivity index (χ1) is 21.9. The number of aromatic nitrogens is 3. The monoisotopic (exact) mass is 601 g/mol. The summed E-state index contributed by atoms with van der Waals surface area (Å²) >= 11 is 0. The van der Waals surface area contributed by atoms with Gasteiger partial charge in [-0.3, -0.25) is 14.2 Å². The van der Waals surface area contributed by atoms with Crippen LogP contribution in [0.5, 0.6) is 0 Å². The first kappa shape index (κ1) is 29.7. The van der Waals surface area contributed by atoms with Gasteiger partial charge >= 0.3 is 5.97 Å². The summed E-state index contributed by atoms with van der Waals surface area (Å²) < 4.78 is 6.31. The molecule has 3 aromatic carbocycles. The average Bonchev–Trinajstić information content (AvgIpc) is 3.08. The number of anilines is 1. The van der Waals surface area contributed by atoms with Crippen LogP contribution in [0.15, 0.2) is 95.8 Å². The van der Waals surface area contributed by atoms with E-state index >= 15 is 0 Å². The van der Waals surface area contributed by atoms with E-state index in [0.29, 0.717) is 40.9 Å². The Morgan fingerprint density at radius 2 is 1.53 bits per heavy atom. The lowest BCUT2D eigenvalue weighted by Crippen LogP contribution is -2.35. The molecule has 228 valence electrons. The number of piperidine rings is 1. The van der Waals surface area contributed by atoms with Crippen LogP contribution in [0.3, 0.4) is 0 Å². The van der Waals surface area contributed by atoms with Gasteiger partial charge in [0, 0.05) is 36.7 Å². The molecule has 1 aliphatic rings. The minimum Gasteiger partial charge on any atom is -0.465 e. The van der Waals surface area contributed by atoms with Crippen LogP contribution in [0.4, 0.5) is 5.95 Å². The molecule has 3 heterocycles. The zero-order valence-corrected chi connectivity index (χ0v) is 25.4. The number of benzene rings is 3. The van der Waals surface area contributed by atoms with Gasteiger partial charge < -0.3 is 15.0 Å². The second-order valence-electron chi connectivity index (χ2n) is 11.4. The molecule has 1 fully saturated rings. The molecule has 1 N–H and O–H groups in total. The molecule has 1 saturated heterocycles. The SMILES string of the molecule is COC(=O)c1ccc(CNC(=O)c2ccc(-n3c(=O)ccc4c(C)nc(N5CCC(Cc6ccccc6)CC5)nc43)cc2)cc1. The third-order valence-corrected chi connectivity index (χ3v) is 8.41. The van der Waals surface area contributed by atoms with E-state index in [1.807, 2.05) is 6.92 Å². The number of pyridine rings is 1. The number of nitrogens with one attached hydrogen (secondary N) is 1. The normalized spacial score (nSPS) is 13.5. The van der Waals surface area contributed by atoms with Crippen LogP contribution in [-0.4, -0.2) is 46.6 Å². The molecule has 5 aromatic rings. The molecule has 1 amide bonds. The maximum Gasteiger partial charge on any atom is 0.337 e. The Bertz CT molecular complexity index is 1880. The summed E-state index contributed by atoms with van der Waals surface area (Å²) in [6, 6.07) is 27.7. The van der Waals surface area contributed by atoms with Gasteiger partial charge in [-0.05, 0) is 85.7 Å². The summed E-state index contributed by atoms with van der Waals surface area (Å²) in [5.74, 6) is 0.590. The van der Waals surface area contributed by atoms with Crippen molar-refractivity contribution in [1.29, 1.82) is 0 Å². The first-order valence-electron chi connectivity index (χ1n) is 15.1. The fraction of sp³-hybridized carbons (Fsp3) is 0.250. The molecular formula is C36H35N5O4. The van der Waals surface area contributed by atoms with E-state index in [9.17, 15) is 14.4 Å². The van der Waals surface area contributed by atoms with Crippen molar-refractivity contribution in [2.45, 2.75) is 32.7 Å². The first-order valence-corrected chi connectivity index (χ1v) is 15.1. The van der Waals surface area contributed by atoms with Crippen molar-refractivity contribution >= 4 is 28.9 Å². The summed E-state index contributed by atoms with van der Waals surface area (Å²) in [7, 11) is 1.34. The Balaban J connectivity index is 1.18. The highest BCUT2D eigenvalue weighted by Crippen LogP contribution is 2.26. The molecule has 0 radical (unpaired) electrons. The summed E-state index contributed by atoms with van der Waals surface area (Å²) in [4.78, 5) is 49.7. The molecule has 9 nitrogen and oxygen atoms in total. The Morgan fingerprint density at radius 1 is 0.844 bits per heavy atom. The fourth-order valence-electron chi connectivity index (χ4n) is 5.85. The minimum atomic E-state index is -0.409. The van der Waals surface area contributed by atoms with Crippen molar-refractivity contribution in [1.82, 2.24) is 19.9 Å². The van der Waals surface area contributed by atoms with Crippen LogP contribution in [0.2, 0.25) is 0 Å². The number of nitrogens with zero attached hydrogens (tertiary/aromatic N) is 4. The van der Waals surface area contributed by atoms with Crippen LogP contribution in [-0.2, 0) is 17.7 Å². The van der Waals surface area contributed by atoms with E-state index in [2.05, 4.69) is 40.5 Å². The van der Waals surface area contributed by atoms with Crippen molar-refractivity contribution in [3.05, 3.63) is 129 Å². The highest BCUT2D eigenvalue weighted by Gasteiger charge is 2.23. The van der Waals surface area contributed by atoms with Gasteiger partial charge in [0.1, 0.15) is 0 Å². The number of rotatable bonds is 8. The number of hydrogen-bond acceptors (Lipinski definition) is 7. The van der Waals surface area contributed by atoms with Gasteiger partial charge in [-0.15, -0.1) is 0 Å². The van der Waals surface area contributed by atoms with Crippen LogP contribution in [0.25, 0.3) is 16.7 Å². The molecule has 45 heavy (non-hydrogen) atoms. The zero-order chi connectivity index (χ0) is 31.3. The summed E-state index contributed by atoms with van der Waals surface area (Å²) in [6.45, 7) is 3.96. The van der Waals surface area contributed by atoms with Crippen molar-refractivity contribution in [3.63, 3.8) is 0 Å². The van der Waals surface area contributed by atoms with Gasteiger partial charge in [0.15, 0.2) is 5.65 Å². The predicted octanol–water partition coefficient (Wildman–Crippen LogP) is 5.26. The molecule has 1 aliphatic heterocycles. The van der Waals surface area contributed by atoms with Gasteiger partial charge in [-0.1, -0.05) is 42.5 Å². The number of hydrogen-bond donors (Lipinski definition) is 1. The molecule has 9 heteroatoms. The summed E-state index contributed by atoms with van der Waals surface area (Å²) in [5.41, 5.74) is 4.89. The Kier molecular flexibility index (Phi) is 8.68. The van der Waals surface area contributed by atoms with E-state index in [1.54, 1.807) is 59.2 Å². The Hall–Kier alpha value is -5.31. The van der Waals surface area contributed by atoms with E-state index in [4.69, 9.17) is 14.7 Å². The molecule has 0 bridgehead atoms. The third kappa shape index (κ3) is 6.62. The van der Waals surface area contributed by atoms with Gasteiger partial charge in [0.25, 0.3) is 11.5 Å². The number of carbonyl (C=O) groups is 2. The van der Waals surface area contributed by atoms with E-state index < -0.39 is 5.97 Å². The number of ether oxygens (including phenoxy) is 1. The molecular weight excluding hydrogens is 566 g/mol. The summed E-state index contributed by atoms with van der Waals surface area (Å²) in [5, 5.41) is 3.70. The zero-order valence-electron chi connectivity index (χ0n) is 25.4. The molecule has 0 aliphatic carbocycles. The highest BCUT2D eigenvalue weighted by molar-refractivity contribution is 5.94. The van der Waals surface area contributed by atoms with Crippen molar-refractivity contribution in [3.8, 4) is 5.69 Å². The maximum absolute atomic E-state index is 13.2. The van der Waals surface area contributed by atoms with Crippen LogP contribution >= 0.6 is 0 Å². The lowest BCUT2D eigenvalue weighted by Gasteiger charge is -2.32. The van der Waals surface area contributed by atoms with Crippen LogP contribution in [0.1, 0.15) is 50.4 Å². The molecule has 2 aromatic heterocycles. The maximum atomic E-state index is 13.2. The molecule has 0 saturated carbocycles. The largest absolute Gasteiger partial charge is 0.465 e. The lowest BCUT2D eigenvalue weighted by molar-refractivity contribution is 0.0600. The smallest absolute Gasteiger partial charge is 0.337 e. The average molecular weight is 602 g/mol. The van der Waals surface area contributed by atoms with Gasteiger partial charge in [0.2, 0.25) is 5.95 Å². The summed E-state index contributed by atoms with van der Waals surface area (Å²) in [6.07, 6.45) is 3.18. The minimum absolute atomic E-state index is 0.208. The van der Waals surface area contributed by atoms with Crippen LogP contribution in [0, 0.1) is 12.8 Å². The molecule has 6 rings (SSSR count). The van der Waals surface area contributed by atoms with Gasteiger partial charge in [0.05, 0.1) is 24.1 Å². The number of aryl methyl sites for hydroxylation is 1. The van der Waals surface area contributed by atoms with E-state index in [0.717, 1.165) is 49.0 Å². The number of fused-ring (bicyclic) bond motifs is 1. The highest BCUT2D eigenvalue weighted by atomic mass is 16.5. The molecule has 0 atom stereocenters. The van der Waals surface area contributed by atoms with Crippen molar-refractivity contribution < 1.29 is 14.3 Å². The molecule has 0 spiro atoms. The topological polar surface area (TPSA) is 106 Å². The Labute approximate surface area is 261 Å². The number of amides is 1. The fourth-order valence-corrected chi connectivity index (χ4v) is 5.85. The second kappa shape index (κ2) is 13.1. The van der Waals surface area contributed by atoms with E-state index in [-0.39, 0.29) is 11.5 Å². The van der Waals surface area contributed by atoms with Gasteiger partial charge in [-0.2, -0.15) is 4.98 Å². The Morgan fingerprint density at radius 3 is 2.22 bits per heavy atom. The predicted molar refractivity (Wildman–Crippen MR) is 174 cm³/mol. The standard InChI is InChI=1S/C36H35N5O4/c1-24-31-16-17-32(42)41(33(31)39-36(38-24)40-20-18-26(19-21-40)22-25-6-4-3-5-7-25)30-14-12-28(13-15-30)34(43)37-23-27-8-10-29(11-9-27)35(44)45-2/h3-17,26H,18-23H2,1-2H3,(H,37,43). The van der Waals surface area contributed by atoms with Crippen LogP contribution < -0.4 is 15.8 Å². The number of carbonyl (C=O) groups excluding carboxylic acids is 2. The molecule has 0 unspecified atom stereocenters. The van der Waals surface area contributed by atoms with Crippen molar-refractivity contribution in [2.24, 2.45) is 5.92 Å². The third-order valence-electron chi connectivity index (χ3n) is 8.41. The second-order valence-corrected chi connectivity index (χ2v) is 11.4. The quantitative estimate of drug-likeness (QED) is 0.242. The van der Waals surface area contributed by atoms with Crippen molar-refractivity contribution in [2.75, 3.05) is 25.1 Å².